The first kappa shape index (κ1) is 20.0. The number of nitrogens with zero attached hydrogens (tertiary/aromatic N) is 4. The lowest BCUT2D eigenvalue weighted by atomic mass is 10.2. The molecule has 0 unspecified atom stereocenters. The van der Waals surface area contributed by atoms with Gasteiger partial charge in [0, 0.05) is 37.5 Å². The normalized spacial score (nSPS) is 11.6. The van der Waals surface area contributed by atoms with Crippen LogP contribution in [0, 0.1) is 12.7 Å². The van der Waals surface area contributed by atoms with Gasteiger partial charge in [-0.2, -0.15) is 0 Å². The summed E-state index contributed by atoms with van der Waals surface area (Å²) >= 11 is 1.65. The SMILES string of the molecule is CCNC(=NCCc1coc(-c2ccc(F)cc2)n1)N(C)Cc1csc(C)n1. The van der Waals surface area contributed by atoms with Gasteiger partial charge in [0.15, 0.2) is 5.96 Å². The molecule has 0 radical (unpaired) electrons. The number of nitrogens with one attached hydrogen (secondary N) is 1. The van der Waals surface area contributed by atoms with Crippen molar-refractivity contribution in [2.45, 2.75) is 26.8 Å². The maximum Gasteiger partial charge on any atom is 0.226 e. The van der Waals surface area contributed by atoms with Crippen LogP contribution in [0.5, 0.6) is 0 Å². The van der Waals surface area contributed by atoms with Gasteiger partial charge in [0.05, 0.1) is 22.9 Å². The Hall–Kier alpha value is -2.74. The number of thiazole rings is 1. The third-order valence-electron chi connectivity index (χ3n) is 4.03. The van der Waals surface area contributed by atoms with Gasteiger partial charge < -0.3 is 14.6 Å². The first-order valence-electron chi connectivity index (χ1n) is 9.16. The molecule has 148 valence electrons. The Morgan fingerprint density at radius 2 is 2.04 bits per heavy atom. The molecule has 0 saturated carbocycles. The van der Waals surface area contributed by atoms with E-state index in [1.807, 2.05) is 20.9 Å². The molecule has 1 N–H and O–H groups in total. The van der Waals surface area contributed by atoms with E-state index in [-0.39, 0.29) is 5.82 Å². The zero-order chi connectivity index (χ0) is 19.9. The van der Waals surface area contributed by atoms with Crippen LogP contribution in [0.15, 0.2) is 45.3 Å². The van der Waals surface area contributed by atoms with Crippen molar-refractivity contribution in [2.75, 3.05) is 20.1 Å². The van der Waals surface area contributed by atoms with Gasteiger partial charge >= 0.3 is 0 Å². The van der Waals surface area contributed by atoms with Gasteiger partial charge in [-0.25, -0.2) is 14.4 Å². The van der Waals surface area contributed by atoms with E-state index in [1.54, 1.807) is 29.7 Å². The van der Waals surface area contributed by atoms with Crippen molar-refractivity contribution in [1.29, 1.82) is 0 Å². The molecule has 0 aliphatic rings. The summed E-state index contributed by atoms with van der Waals surface area (Å²) in [6.45, 7) is 6.12. The summed E-state index contributed by atoms with van der Waals surface area (Å²) in [7, 11) is 2.00. The fourth-order valence-electron chi connectivity index (χ4n) is 2.69. The highest BCUT2D eigenvalue weighted by Crippen LogP contribution is 2.19. The van der Waals surface area contributed by atoms with Crippen LogP contribution in [0.4, 0.5) is 4.39 Å². The Labute approximate surface area is 168 Å². The first-order chi connectivity index (χ1) is 13.5. The van der Waals surface area contributed by atoms with Gasteiger partial charge in [-0.1, -0.05) is 0 Å². The molecule has 2 aromatic heterocycles. The third-order valence-corrected chi connectivity index (χ3v) is 4.86. The Balaban J connectivity index is 1.59. The van der Waals surface area contributed by atoms with E-state index in [4.69, 9.17) is 4.42 Å². The van der Waals surface area contributed by atoms with E-state index in [9.17, 15) is 4.39 Å². The molecule has 6 nitrogen and oxygen atoms in total. The van der Waals surface area contributed by atoms with Crippen molar-refractivity contribution in [2.24, 2.45) is 4.99 Å². The maximum atomic E-state index is 13.0. The molecule has 28 heavy (non-hydrogen) atoms. The number of oxazole rings is 1. The van der Waals surface area contributed by atoms with E-state index < -0.39 is 0 Å². The lowest BCUT2D eigenvalue weighted by Gasteiger charge is -2.21. The number of rotatable bonds is 7. The maximum absolute atomic E-state index is 13.0. The smallest absolute Gasteiger partial charge is 0.226 e. The number of guanidine groups is 1. The summed E-state index contributed by atoms with van der Waals surface area (Å²) in [5.74, 6) is 1.04. The topological polar surface area (TPSA) is 66.6 Å². The summed E-state index contributed by atoms with van der Waals surface area (Å²) in [5.41, 5.74) is 2.61. The van der Waals surface area contributed by atoms with Gasteiger partial charge in [-0.3, -0.25) is 4.99 Å². The summed E-state index contributed by atoms with van der Waals surface area (Å²) in [5, 5.41) is 6.44. The summed E-state index contributed by atoms with van der Waals surface area (Å²) < 4.78 is 18.5. The number of aliphatic imine (C=N–C) groups is 1. The molecule has 3 rings (SSSR count). The molecular weight excluding hydrogens is 377 g/mol. The summed E-state index contributed by atoms with van der Waals surface area (Å²) in [4.78, 5) is 15.7. The van der Waals surface area contributed by atoms with Crippen LogP contribution in [-0.2, 0) is 13.0 Å². The summed E-state index contributed by atoms with van der Waals surface area (Å²) in [6.07, 6.45) is 2.28. The molecule has 0 atom stereocenters. The van der Waals surface area contributed by atoms with E-state index >= 15 is 0 Å². The summed E-state index contributed by atoms with van der Waals surface area (Å²) in [6, 6.07) is 6.10. The fourth-order valence-corrected chi connectivity index (χ4v) is 3.30. The quantitative estimate of drug-likeness (QED) is 0.481. The second kappa shape index (κ2) is 9.45. The van der Waals surface area contributed by atoms with Crippen LogP contribution in [0.25, 0.3) is 11.5 Å². The van der Waals surface area contributed by atoms with Gasteiger partial charge in [0.2, 0.25) is 5.89 Å². The van der Waals surface area contributed by atoms with Crippen molar-refractivity contribution < 1.29 is 8.81 Å². The first-order valence-corrected chi connectivity index (χ1v) is 10.0. The third kappa shape index (κ3) is 5.39. The number of aryl methyl sites for hydroxylation is 1. The van der Waals surface area contributed by atoms with Crippen LogP contribution in [0.2, 0.25) is 0 Å². The fraction of sp³-hybridized carbons (Fsp3) is 0.350. The Morgan fingerprint density at radius 3 is 2.71 bits per heavy atom. The van der Waals surface area contributed by atoms with Crippen molar-refractivity contribution >= 4 is 17.3 Å². The van der Waals surface area contributed by atoms with E-state index in [0.717, 1.165) is 34.5 Å². The average Bonchev–Trinajstić information content (AvgIpc) is 3.31. The van der Waals surface area contributed by atoms with Gasteiger partial charge in [0.25, 0.3) is 0 Å². The molecule has 2 heterocycles. The molecule has 1 aromatic carbocycles. The Morgan fingerprint density at radius 1 is 1.25 bits per heavy atom. The molecule has 0 spiro atoms. The lowest BCUT2D eigenvalue weighted by Crippen LogP contribution is -2.38. The zero-order valence-corrected chi connectivity index (χ0v) is 17.1. The van der Waals surface area contributed by atoms with Crippen LogP contribution < -0.4 is 5.32 Å². The second-order valence-electron chi connectivity index (χ2n) is 6.35. The van der Waals surface area contributed by atoms with E-state index in [0.29, 0.717) is 25.4 Å². The monoisotopic (exact) mass is 401 g/mol. The molecule has 0 saturated heterocycles. The highest BCUT2D eigenvalue weighted by molar-refractivity contribution is 7.09. The zero-order valence-electron chi connectivity index (χ0n) is 16.3. The van der Waals surface area contributed by atoms with Crippen LogP contribution >= 0.6 is 11.3 Å². The molecule has 0 aliphatic carbocycles. The van der Waals surface area contributed by atoms with Crippen LogP contribution in [0.3, 0.4) is 0 Å². The average molecular weight is 402 g/mol. The Kier molecular flexibility index (Phi) is 6.76. The predicted octanol–water partition coefficient (Wildman–Crippen LogP) is 3.89. The van der Waals surface area contributed by atoms with Crippen molar-refractivity contribution in [3.63, 3.8) is 0 Å². The minimum Gasteiger partial charge on any atom is -0.444 e. The molecule has 8 heteroatoms. The van der Waals surface area contributed by atoms with Gasteiger partial charge in [-0.15, -0.1) is 11.3 Å². The second-order valence-corrected chi connectivity index (χ2v) is 7.41. The number of halogens is 1. The lowest BCUT2D eigenvalue weighted by molar-refractivity contribution is 0.471. The molecule has 0 bridgehead atoms. The number of hydrogen-bond donors (Lipinski definition) is 1. The molecule has 3 aromatic rings. The molecule has 0 fully saturated rings. The number of hydrogen-bond acceptors (Lipinski definition) is 5. The predicted molar refractivity (Wildman–Crippen MR) is 110 cm³/mol. The number of aromatic nitrogens is 2. The minimum absolute atomic E-state index is 0.280. The largest absolute Gasteiger partial charge is 0.444 e. The highest BCUT2D eigenvalue weighted by Gasteiger charge is 2.10. The van der Waals surface area contributed by atoms with Crippen molar-refractivity contribution in [1.82, 2.24) is 20.2 Å². The van der Waals surface area contributed by atoms with Crippen molar-refractivity contribution in [3.05, 3.63) is 58.1 Å². The standard InChI is InChI=1S/C20H24FN5OS/c1-4-22-20(26(3)11-18-13-28-14(2)24-18)23-10-9-17-12-27-19(25-17)15-5-7-16(21)8-6-15/h5-8,12-13H,4,9-11H2,1-3H3,(H,22,23). The number of benzene rings is 1. The van der Waals surface area contributed by atoms with Gasteiger partial charge in [0.1, 0.15) is 12.1 Å². The minimum atomic E-state index is -0.280. The Bertz CT molecular complexity index is 919. The van der Waals surface area contributed by atoms with Gasteiger partial charge in [-0.05, 0) is 38.1 Å². The van der Waals surface area contributed by atoms with Crippen LogP contribution in [-0.4, -0.2) is 41.0 Å². The molecule has 0 aliphatic heterocycles. The van der Waals surface area contributed by atoms with E-state index in [1.165, 1.54) is 12.1 Å². The van der Waals surface area contributed by atoms with Crippen LogP contribution in [0.1, 0.15) is 23.3 Å². The molecule has 0 amide bonds. The highest BCUT2D eigenvalue weighted by atomic mass is 32.1. The van der Waals surface area contributed by atoms with Crippen molar-refractivity contribution in [3.8, 4) is 11.5 Å². The van der Waals surface area contributed by atoms with E-state index in [2.05, 4.69) is 30.6 Å². The molecular formula is C20H24FN5OS.